The average molecular weight is 575 g/mol. The number of rotatable bonds is 7. The Hall–Kier alpha value is -3.98. The molecule has 0 saturated heterocycles. The van der Waals surface area contributed by atoms with Crippen LogP contribution in [0.2, 0.25) is 0 Å². The van der Waals surface area contributed by atoms with E-state index in [0.29, 0.717) is 17.1 Å². The molecular weight excluding hydrogens is 542 g/mol. The Bertz CT molecular complexity index is 1600. The lowest BCUT2D eigenvalue weighted by Crippen LogP contribution is -2.44. The van der Waals surface area contributed by atoms with E-state index in [4.69, 9.17) is 5.10 Å². The summed E-state index contributed by atoms with van der Waals surface area (Å²) < 4.78 is 31.0. The molecule has 9 heteroatoms. The third kappa shape index (κ3) is 5.77. The van der Waals surface area contributed by atoms with E-state index in [-0.39, 0.29) is 35.7 Å². The van der Waals surface area contributed by atoms with Gasteiger partial charge in [-0.2, -0.15) is 5.10 Å². The van der Waals surface area contributed by atoms with Crippen LogP contribution in [0.4, 0.5) is 14.6 Å². The molecule has 4 aromatic rings. The maximum absolute atomic E-state index is 15.4. The molecule has 0 bridgehead atoms. The van der Waals surface area contributed by atoms with E-state index >= 15 is 4.39 Å². The summed E-state index contributed by atoms with van der Waals surface area (Å²) >= 11 is 1.24. The number of anilines is 1. The van der Waals surface area contributed by atoms with Crippen LogP contribution in [0.1, 0.15) is 47.8 Å². The Morgan fingerprint density at radius 2 is 1.85 bits per heavy atom. The highest BCUT2D eigenvalue weighted by Crippen LogP contribution is 2.49. The zero-order chi connectivity index (χ0) is 29.3. The third-order valence-corrected chi connectivity index (χ3v) is 8.52. The Balaban J connectivity index is 1.82. The van der Waals surface area contributed by atoms with Crippen molar-refractivity contribution in [2.75, 3.05) is 17.2 Å². The van der Waals surface area contributed by atoms with Gasteiger partial charge in [0.25, 0.3) is 0 Å². The van der Waals surface area contributed by atoms with Crippen molar-refractivity contribution in [2.45, 2.75) is 45.4 Å². The lowest BCUT2D eigenvalue weighted by atomic mass is 9.99. The fourth-order valence-corrected chi connectivity index (χ4v) is 6.28. The van der Waals surface area contributed by atoms with Crippen molar-refractivity contribution in [1.29, 1.82) is 0 Å². The number of hydrogen-bond acceptors (Lipinski definition) is 4. The second-order valence-electron chi connectivity index (χ2n) is 10.4. The molecule has 2 atom stereocenters. The van der Waals surface area contributed by atoms with Gasteiger partial charge in [-0.25, -0.2) is 13.5 Å². The molecule has 6 nitrogen and oxygen atoms in total. The van der Waals surface area contributed by atoms with Crippen molar-refractivity contribution in [3.8, 4) is 16.9 Å². The zero-order valence-corrected chi connectivity index (χ0v) is 24.3. The van der Waals surface area contributed by atoms with Gasteiger partial charge in [0.1, 0.15) is 24.0 Å². The summed E-state index contributed by atoms with van der Waals surface area (Å²) in [5.74, 6) is -1.59. The molecule has 1 N–H and O–H groups in total. The molecular formula is C32H32F2N4O2S. The zero-order valence-electron chi connectivity index (χ0n) is 23.4. The first-order valence-corrected chi connectivity index (χ1v) is 14.6. The molecule has 2 unspecified atom stereocenters. The number of carbonyl (C=O) groups excluding carboxylic acids is 2. The number of halogens is 2. The van der Waals surface area contributed by atoms with Gasteiger partial charge in [-0.3, -0.25) is 14.5 Å². The van der Waals surface area contributed by atoms with Crippen molar-refractivity contribution in [2.24, 2.45) is 0 Å². The predicted molar refractivity (Wildman–Crippen MR) is 159 cm³/mol. The van der Waals surface area contributed by atoms with E-state index in [1.807, 2.05) is 76.2 Å². The summed E-state index contributed by atoms with van der Waals surface area (Å²) in [5.41, 5.74) is 4.90. The van der Waals surface area contributed by atoms with Crippen LogP contribution in [0.25, 0.3) is 16.9 Å². The van der Waals surface area contributed by atoms with Gasteiger partial charge < -0.3 is 5.32 Å². The van der Waals surface area contributed by atoms with Crippen molar-refractivity contribution in [1.82, 2.24) is 15.1 Å². The molecule has 41 heavy (non-hydrogen) atoms. The van der Waals surface area contributed by atoms with Gasteiger partial charge in [0, 0.05) is 28.8 Å². The Morgan fingerprint density at radius 1 is 1.10 bits per heavy atom. The van der Waals surface area contributed by atoms with Gasteiger partial charge in [0.05, 0.1) is 22.4 Å². The molecule has 0 radical (unpaired) electrons. The smallest absolute Gasteiger partial charge is 0.240 e. The van der Waals surface area contributed by atoms with Crippen LogP contribution in [0.5, 0.6) is 0 Å². The summed E-state index contributed by atoms with van der Waals surface area (Å²) in [6.07, 6.45) is 0.741. The van der Waals surface area contributed by atoms with Gasteiger partial charge in [0.2, 0.25) is 11.8 Å². The van der Waals surface area contributed by atoms with E-state index < -0.39 is 16.9 Å². The van der Waals surface area contributed by atoms with E-state index in [9.17, 15) is 14.0 Å². The van der Waals surface area contributed by atoms with Crippen molar-refractivity contribution >= 4 is 29.4 Å². The fourth-order valence-electron chi connectivity index (χ4n) is 5.07. The standard InChI is InChI=1S/C32H32F2N4O2S/c1-5-21(4)35-27(39)17-37-28(40)18-41-31(24-13-12-23(33)16-25(24)34)29-30(22-9-7-6-8-10-22)36-38(32(29)37)26-14-11-19(2)15-20(26)3/h6-16,21,31H,5,17-18H2,1-4H3,(H,35,39). The van der Waals surface area contributed by atoms with Gasteiger partial charge in [-0.15, -0.1) is 11.8 Å². The number of carbonyl (C=O) groups is 2. The number of fused-ring (bicyclic) bond motifs is 1. The van der Waals surface area contributed by atoms with Crippen LogP contribution in [0.15, 0.2) is 66.7 Å². The first kappa shape index (κ1) is 28.5. The lowest BCUT2D eigenvalue weighted by molar-refractivity contribution is -0.123. The van der Waals surface area contributed by atoms with E-state index in [0.717, 1.165) is 34.9 Å². The first-order valence-electron chi connectivity index (χ1n) is 13.6. The van der Waals surface area contributed by atoms with Crippen LogP contribution >= 0.6 is 11.8 Å². The fraction of sp³-hybridized carbons (Fsp3) is 0.281. The Labute approximate surface area is 242 Å². The molecule has 1 aliphatic rings. The van der Waals surface area contributed by atoms with Gasteiger partial charge >= 0.3 is 0 Å². The summed E-state index contributed by atoms with van der Waals surface area (Å²) in [6.45, 7) is 7.61. The van der Waals surface area contributed by atoms with Crippen molar-refractivity contribution in [3.63, 3.8) is 0 Å². The summed E-state index contributed by atoms with van der Waals surface area (Å²) in [4.78, 5) is 28.4. The number of amides is 2. The topological polar surface area (TPSA) is 67.2 Å². The van der Waals surface area contributed by atoms with Crippen LogP contribution in [-0.2, 0) is 9.59 Å². The van der Waals surface area contributed by atoms with Crippen LogP contribution < -0.4 is 10.2 Å². The molecule has 3 aromatic carbocycles. The maximum atomic E-state index is 15.4. The summed E-state index contributed by atoms with van der Waals surface area (Å²) in [7, 11) is 0. The molecule has 0 saturated carbocycles. The number of thioether (sulfide) groups is 1. The van der Waals surface area contributed by atoms with Gasteiger partial charge in [0.15, 0.2) is 0 Å². The maximum Gasteiger partial charge on any atom is 0.240 e. The number of aryl methyl sites for hydroxylation is 2. The Kier molecular flexibility index (Phi) is 8.26. The first-order chi connectivity index (χ1) is 19.7. The predicted octanol–water partition coefficient (Wildman–Crippen LogP) is 6.52. The summed E-state index contributed by atoms with van der Waals surface area (Å²) in [5, 5.41) is 7.30. The quantitative estimate of drug-likeness (QED) is 0.273. The van der Waals surface area contributed by atoms with Gasteiger partial charge in [-0.05, 0) is 44.9 Å². The average Bonchev–Trinajstić information content (AvgIpc) is 3.26. The van der Waals surface area contributed by atoms with E-state index in [1.165, 1.54) is 28.8 Å². The Morgan fingerprint density at radius 3 is 2.54 bits per heavy atom. The highest BCUT2D eigenvalue weighted by molar-refractivity contribution is 8.00. The largest absolute Gasteiger partial charge is 0.352 e. The second-order valence-corrected chi connectivity index (χ2v) is 11.5. The van der Waals surface area contributed by atoms with Crippen LogP contribution in [-0.4, -0.2) is 39.9 Å². The molecule has 0 aliphatic carbocycles. The van der Waals surface area contributed by atoms with Crippen molar-refractivity contribution in [3.05, 3.63) is 101 Å². The molecule has 212 valence electrons. The van der Waals surface area contributed by atoms with E-state index in [2.05, 4.69) is 5.32 Å². The number of hydrogen-bond donors (Lipinski definition) is 1. The minimum atomic E-state index is -0.706. The number of nitrogens with one attached hydrogen (secondary N) is 1. The molecule has 1 aromatic heterocycles. The highest BCUT2D eigenvalue weighted by Gasteiger charge is 2.38. The minimum Gasteiger partial charge on any atom is -0.352 e. The molecule has 0 fully saturated rings. The molecule has 1 aliphatic heterocycles. The second kappa shape index (κ2) is 11.9. The minimum absolute atomic E-state index is 0.00607. The van der Waals surface area contributed by atoms with Crippen LogP contribution in [0.3, 0.4) is 0 Å². The summed E-state index contributed by atoms with van der Waals surface area (Å²) in [6, 6.07) is 18.8. The number of aromatic nitrogens is 2. The number of benzene rings is 3. The monoisotopic (exact) mass is 574 g/mol. The third-order valence-electron chi connectivity index (χ3n) is 7.28. The SMILES string of the molecule is CCC(C)NC(=O)CN1C(=O)CSC(c2ccc(F)cc2F)c2c(-c3ccccc3)nn(-c3ccc(C)cc3C)c21. The molecule has 2 amide bonds. The molecule has 0 spiro atoms. The van der Waals surface area contributed by atoms with Crippen molar-refractivity contribution < 1.29 is 18.4 Å². The number of nitrogens with zero attached hydrogens (tertiary/aromatic N) is 3. The normalized spacial score (nSPS) is 15.8. The highest BCUT2D eigenvalue weighted by atomic mass is 32.2. The molecule has 2 heterocycles. The van der Waals surface area contributed by atoms with E-state index in [1.54, 1.807) is 4.68 Å². The molecule has 5 rings (SSSR count). The lowest BCUT2D eigenvalue weighted by Gasteiger charge is -2.24. The van der Waals surface area contributed by atoms with Crippen LogP contribution in [0, 0.1) is 25.5 Å². The van der Waals surface area contributed by atoms with Gasteiger partial charge in [-0.1, -0.05) is 61.0 Å².